The second kappa shape index (κ2) is 4.83. The van der Waals surface area contributed by atoms with Crippen LogP contribution in [-0.4, -0.2) is 25.3 Å². The Labute approximate surface area is 116 Å². The Bertz CT molecular complexity index is 437. The third-order valence-corrected chi connectivity index (χ3v) is 4.52. The average molecular weight is 311 g/mol. The van der Waals surface area contributed by atoms with Gasteiger partial charge in [-0.15, -0.1) is 0 Å². The molecule has 2 saturated heterocycles. The lowest BCUT2D eigenvalue weighted by atomic mass is 10.1. The number of halogens is 1. The molecule has 0 saturated carbocycles. The number of nitrogens with two attached hydrogens (primary N) is 1. The Kier molecular flexibility index (Phi) is 3.34. The molecule has 2 heterocycles. The molecule has 3 rings (SSSR count). The summed E-state index contributed by atoms with van der Waals surface area (Å²) in [5.41, 5.74) is 8.34. The Balaban J connectivity index is 1.84. The van der Waals surface area contributed by atoms with Crippen LogP contribution in [0.4, 0.5) is 5.69 Å². The number of hydrogen-bond acceptors (Lipinski definition) is 3. The van der Waals surface area contributed by atoms with Crippen LogP contribution in [-0.2, 0) is 4.74 Å². The van der Waals surface area contributed by atoms with E-state index in [1.54, 1.807) is 0 Å². The molecule has 18 heavy (non-hydrogen) atoms. The maximum Gasteiger partial charge on any atom is 0.0755 e. The SMILES string of the molecule is C[C@H](N)c1ccc(N2CC3CCC(C2)O3)c(Br)c1. The predicted octanol–water partition coefficient (Wildman–Crippen LogP) is 2.84. The number of hydrogen-bond donors (Lipinski definition) is 1. The Morgan fingerprint density at radius 2 is 2.00 bits per heavy atom. The van der Waals surface area contributed by atoms with Gasteiger partial charge in [-0.2, -0.15) is 0 Å². The summed E-state index contributed by atoms with van der Waals surface area (Å²) in [5, 5.41) is 0. The smallest absolute Gasteiger partial charge is 0.0755 e. The van der Waals surface area contributed by atoms with Crippen molar-refractivity contribution in [1.82, 2.24) is 0 Å². The van der Waals surface area contributed by atoms with Crippen LogP contribution in [0.1, 0.15) is 31.4 Å². The summed E-state index contributed by atoms with van der Waals surface area (Å²) in [6.45, 7) is 4.02. The highest BCUT2D eigenvalue weighted by atomic mass is 79.9. The molecule has 0 aromatic heterocycles. The molecule has 0 aliphatic carbocycles. The van der Waals surface area contributed by atoms with Crippen molar-refractivity contribution in [2.24, 2.45) is 5.73 Å². The third kappa shape index (κ3) is 2.29. The molecule has 1 aromatic rings. The van der Waals surface area contributed by atoms with Crippen molar-refractivity contribution < 1.29 is 4.74 Å². The summed E-state index contributed by atoms with van der Waals surface area (Å²) < 4.78 is 7.01. The topological polar surface area (TPSA) is 38.5 Å². The van der Waals surface area contributed by atoms with Crippen LogP contribution in [0.3, 0.4) is 0 Å². The summed E-state index contributed by atoms with van der Waals surface area (Å²) in [6.07, 6.45) is 3.25. The van der Waals surface area contributed by atoms with E-state index < -0.39 is 0 Å². The highest BCUT2D eigenvalue weighted by Gasteiger charge is 2.34. The molecule has 2 N–H and O–H groups in total. The molecule has 0 amide bonds. The van der Waals surface area contributed by atoms with E-state index in [0.717, 1.165) is 17.6 Å². The number of benzene rings is 1. The first-order valence-electron chi connectivity index (χ1n) is 6.59. The fraction of sp³-hybridized carbons (Fsp3) is 0.571. The van der Waals surface area contributed by atoms with Gasteiger partial charge >= 0.3 is 0 Å². The first-order valence-corrected chi connectivity index (χ1v) is 7.38. The van der Waals surface area contributed by atoms with Crippen LogP contribution in [0.2, 0.25) is 0 Å². The number of nitrogens with zero attached hydrogens (tertiary/aromatic N) is 1. The highest BCUT2D eigenvalue weighted by Crippen LogP contribution is 2.34. The summed E-state index contributed by atoms with van der Waals surface area (Å²) in [6, 6.07) is 6.52. The molecular weight excluding hydrogens is 292 g/mol. The van der Waals surface area contributed by atoms with Gasteiger partial charge in [0.25, 0.3) is 0 Å². The van der Waals surface area contributed by atoms with Gasteiger partial charge in [0.15, 0.2) is 0 Å². The van der Waals surface area contributed by atoms with Gasteiger partial charge in [0, 0.05) is 23.6 Å². The van der Waals surface area contributed by atoms with Gasteiger partial charge in [0.05, 0.1) is 17.9 Å². The van der Waals surface area contributed by atoms with Crippen molar-refractivity contribution in [3.05, 3.63) is 28.2 Å². The van der Waals surface area contributed by atoms with Gasteiger partial charge in [-0.25, -0.2) is 0 Å². The monoisotopic (exact) mass is 310 g/mol. The summed E-state index contributed by atoms with van der Waals surface area (Å²) in [5.74, 6) is 0. The summed E-state index contributed by atoms with van der Waals surface area (Å²) in [4.78, 5) is 2.43. The molecule has 2 unspecified atom stereocenters. The van der Waals surface area contributed by atoms with E-state index >= 15 is 0 Å². The van der Waals surface area contributed by atoms with Crippen LogP contribution in [0.5, 0.6) is 0 Å². The van der Waals surface area contributed by atoms with Crippen LogP contribution in [0, 0.1) is 0 Å². The fourth-order valence-electron chi connectivity index (χ4n) is 2.87. The minimum absolute atomic E-state index is 0.0798. The van der Waals surface area contributed by atoms with E-state index in [1.807, 2.05) is 6.92 Å². The highest BCUT2D eigenvalue weighted by molar-refractivity contribution is 9.10. The number of rotatable bonds is 2. The van der Waals surface area contributed by atoms with E-state index in [0.29, 0.717) is 12.2 Å². The molecule has 3 atom stereocenters. The molecule has 0 radical (unpaired) electrons. The molecule has 4 heteroatoms. The van der Waals surface area contributed by atoms with E-state index in [1.165, 1.54) is 24.1 Å². The number of morpholine rings is 1. The second-order valence-corrected chi connectivity index (χ2v) is 6.22. The zero-order valence-corrected chi connectivity index (χ0v) is 12.2. The number of ether oxygens (including phenoxy) is 1. The zero-order valence-electron chi connectivity index (χ0n) is 10.6. The predicted molar refractivity (Wildman–Crippen MR) is 76.9 cm³/mol. The fourth-order valence-corrected chi connectivity index (χ4v) is 3.52. The molecule has 98 valence electrons. The zero-order chi connectivity index (χ0) is 12.7. The Hall–Kier alpha value is -0.580. The largest absolute Gasteiger partial charge is 0.371 e. The van der Waals surface area contributed by atoms with E-state index in [2.05, 4.69) is 39.0 Å². The lowest BCUT2D eigenvalue weighted by Gasteiger charge is -2.34. The molecule has 2 aliphatic heterocycles. The maximum absolute atomic E-state index is 5.91. The van der Waals surface area contributed by atoms with Gasteiger partial charge in [-0.1, -0.05) is 6.07 Å². The molecule has 1 aromatic carbocycles. The van der Waals surface area contributed by atoms with Crippen LogP contribution >= 0.6 is 15.9 Å². The first kappa shape index (κ1) is 12.5. The molecule has 2 bridgehead atoms. The Morgan fingerprint density at radius 3 is 2.56 bits per heavy atom. The lowest BCUT2D eigenvalue weighted by Crippen LogP contribution is -2.42. The number of fused-ring (bicyclic) bond motifs is 2. The second-order valence-electron chi connectivity index (χ2n) is 5.36. The van der Waals surface area contributed by atoms with E-state index in [9.17, 15) is 0 Å². The minimum Gasteiger partial charge on any atom is -0.371 e. The van der Waals surface area contributed by atoms with Gasteiger partial charge in [0.2, 0.25) is 0 Å². The van der Waals surface area contributed by atoms with Gasteiger partial charge in [0.1, 0.15) is 0 Å². The standard InChI is InChI=1S/C14H19BrN2O/c1-9(16)10-2-5-14(13(15)6-10)17-7-11-3-4-12(8-17)18-11/h2,5-6,9,11-12H,3-4,7-8,16H2,1H3/t9-,11?,12?/m0/s1. The lowest BCUT2D eigenvalue weighted by molar-refractivity contribution is 0.0304. The van der Waals surface area contributed by atoms with E-state index in [-0.39, 0.29) is 6.04 Å². The van der Waals surface area contributed by atoms with Crippen molar-refractivity contribution in [1.29, 1.82) is 0 Å². The van der Waals surface area contributed by atoms with Crippen LogP contribution in [0.15, 0.2) is 22.7 Å². The molecule has 0 spiro atoms. The van der Waals surface area contributed by atoms with Crippen molar-refractivity contribution in [3.63, 3.8) is 0 Å². The molecular formula is C14H19BrN2O. The Morgan fingerprint density at radius 1 is 1.33 bits per heavy atom. The minimum atomic E-state index is 0.0798. The van der Waals surface area contributed by atoms with Gasteiger partial charge in [-0.05, 0) is 53.4 Å². The van der Waals surface area contributed by atoms with E-state index in [4.69, 9.17) is 10.5 Å². The van der Waals surface area contributed by atoms with Crippen molar-refractivity contribution in [3.8, 4) is 0 Å². The van der Waals surface area contributed by atoms with Crippen molar-refractivity contribution in [2.75, 3.05) is 18.0 Å². The summed E-state index contributed by atoms with van der Waals surface area (Å²) >= 11 is 3.67. The molecule has 3 nitrogen and oxygen atoms in total. The van der Waals surface area contributed by atoms with Crippen LogP contribution < -0.4 is 10.6 Å². The third-order valence-electron chi connectivity index (χ3n) is 3.88. The van der Waals surface area contributed by atoms with Gasteiger partial charge < -0.3 is 15.4 Å². The van der Waals surface area contributed by atoms with Crippen molar-refractivity contribution >= 4 is 21.6 Å². The normalized spacial score (nSPS) is 28.5. The maximum atomic E-state index is 5.91. The molecule has 2 fully saturated rings. The molecule has 2 aliphatic rings. The van der Waals surface area contributed by atoms with Gasteiger partial charge in [-0.3, -0.25) is 0 Å². The quantitative estimate of drug-likeness (QED) is 0.913. The van der Waals surface area contributed by atoms with Crippen LogP contribution in [0.25, 0.3) is 0 Å². The number of anilines is 1. The first-order chi connectivity index (χ1) is 8.63. The summed E-state index contributed by atoms with van der Waals surface area (Å²) in [7, 11) is 0. The average Bonchev–Trinajstić information content (AvgIpc) is 2.68. The van der Waals surface area contributed by atoms with Crippen molar-refractivity contribution in [2.45, 2.75) is 38.0 Å².